The van der Waals surface area contributed by atoms with Crippen LogP contribution < -0.4 is 5.32 Å². The smallest absolute Gasteiger partial charge is 0.112 e. The van der Waals surface area contributed by atoms with Crippen molar-refractivity contribution in [1.82, 2.24) is 19.9 Å². The lowest BCUT2D eigenvalue weighted by molar-refractivity contribution is 0.682. The number of imidazole rings is 1. The summed E-state index contributed by atoms with van der Waals surface area (Å²) in [6.45, 7) is 3.03. The zero-order valence-corrected chi connectivity index (χ0v) is 10.6. The van der Waals surface area contributed by atoms with Crippen molar-refractivity contribution in [3.8, 4) is 5.69 Å². The molecule has 94 valence electrons. The quantitative estimate of drug-likeness (QED) is 0.873. The second kappa shape index (κ2) is 4.90. The summed E-state index contributed by atoms with van der Waals surface area (Å²) in [5.74, 6) is 1.08. The highest BCUT2D eigenvalue weighted by atomic mass is 15.1. The Labute approximate surface area is 107 Å². The van der Waals surface area contributed by atoms with Crippen LogP contribution in [0.4, 0.5) is 0 Å². The predicted octanol–water partition coefficient (Wildman–Crippen LogP) is 2.08. The van der Waals surface area contributed by atoms with Crippen LogP contribution in [0.3, 0.4) is 0 Å². The molecule has 2 aromatic rings. The molecule has 4 nitrogen and oxygen atoms in total. The summed E-state index contributed by atoms with van der Waals surface area (Å²) < 4.78 is 2.14. The van der Waals surface area contributed by atoms with Crippen molar-refractivity contribution in [1.29, 1.82) is 0 Å². The van der Waals surface area contributed by atoms with Crippen LogP contribution in [0.1, 0.15) is 31.2 Å². The highest BCUT2D eigenvalue weighted by Crippen LogP contribution is 2.21. The fourth-order valence-corrected chi connectivity index (χ4v) is 2.14. The van der Waals surface area contributed by atoms with E-state index >= 15 is 0 Å². The molecule has 4 heteroatoms. The van der Waals surface area contributed by atoms with Crippen LogP contribution in [-0.4, -0.2) is 20.6 Å². The van der Waals surface area contributed by atoms with E-state index in [-0.39, 0.29) is 0 Å². The zero-order chi connectivity index (χ0) is 12.4. The molecule has 18 heavy (non-hydrogen) atoms. The molecule has 0 unspecified atom stereocenters. The maximum absolute atomic E-state index is 4.37. The van der Waals surface area contributed by atoms with Gasteiger partial charge in [-0.1, -0.05) is 6.92 Å². The number of nitrogens with zero attached hydrogens (tertiary/aromatic N) is 3. The van der Waals surface area contributed by atoms with Gasteiger partial charge in [0.2, 0.25) is 0 Å². The van der Waals surface area contributed by atoms with Crippen molar-refractivity contribution in [2.75, 3.05) is 0 Å². The maximum Gasteiger partial charge on any atom is 0.112 e. The summed E-state index contributed by atoms with van der Waals surface area (Å²) in [6, 6.07) is 2.81. The topological polar surface area (TPSA) is 42.7 Å². The number of rotatable bonds is 5. The fourth-order valence-electron chi connectivity index (χ4n) is 2.14. The van der Waals surface area contributed by atoms with Gasteiger partial charge in [0.15, 0.2) is 0 Å². The van der Waals surface area contributed by atoms with E-state index in [9.17, 15) is 0 Å². The maximum atomic E-state index is 4.37. The molecule has 1 fully saturated rings. The first kappa shape index (κ1) is 11.4. The monoisotopic (exact) mass is 242 g/mol. The number of hydrogen-bond acceptors (Lipinski definition) is 3. The Bertz CT molecular complexity index is 528. The Morgan fingerprint density at radius 2 is 2.28 bits per heavy atom. The molecule has 0 saturated heterocycles. The minimum absolute atomic E-state index is 0.722. The van der Waals surface area contributed by atoms with Crippen LogP contribution in [-0.2, 0) is 13.0 Å². The van der Waals surface area contributed by atoms with E-state index in [2.05, 4.69) is 32.8 Å². The van der Waals surface area contributed by atoms with Gasteiger partial charge in [-0.3, -0.25) is 4.98 Å². The Morgan fingerprint density at radius 1 is 1.39 bits per heavy atom. The molecule has 0 aliphatic heterocycles. The van der Waals surface area contributed by atoms with Crippen molar-refractivity contribution >= 4 is 0 Å². The van der Waals surface area contributed by atoms with Gasteiger partial charge in [0.25, 0.3) is 0 Å². The van der Waals surface area contributed by atoms with Crippen molar-refractivity contribution in [2.45, 2.75) is 38.8 Å². The normalized spacial score (nSPS) is 14.9. The minimum atomic E-state index is 0.722. The third-order valence-electron chi connectivity index (χ3n) is 3.34. The molecule has 1 N–H and O–H groups in total. The molecule has 0 amide bonds. The minimum Gasteiger partial charge on any atom is -0.310 e. The molecule has 1 aliphatic carbocycles. The number of aromatic nitrogens is 3. The average molecular weight is 242 g/mol. The molecule has 3 rings (SSSR count). The lowest BCUT2D eigenvalue weighted by Gasteiger charge is -2.12. The standard InChI is InChI=1S/C14H18N4/c1-2-14-16-7-8-18(14)13-10-15-6-5-11(13)9-17-12-3-4-12/h5-8,10,12,17H,2-4,9H2,1H3. The van der Waals surface area contributed by atoms with E-state index in [0.717, 1.165) is 30.5 Å². The average Bonchev–Trinajstić information content (AvgIpc) is 3.12. The molecule has 0 bridgehead atoms. The van der Waals surface area contributed by atoms with E-state index in [1.807, 2.05) is 24.8 Å². The zero-order valence-electron chi connectivity index (χ0n) is 10.6. The molecule has 0 radical (unpaired) electrons. The van der Waals surface area contributed by atoms with Gasteiger partial charge in [-0.15, -0.1) is 0 Å². The Balaban J connectivity index is 1.89. The van der Waals surface area contributed by atoms with Crippen LogP contribution in [0.15, 0.2) is 30.9 Å². The van der Waals surface area contributed by atoms with Gasteiger partial charge in [0.05, 0.1) is 11.9 Å². The van der Waals surface area contributed by atoms with Crippen molar-refractivity contribution in [2.24, 2.45) is 0 Å². The Hall–Kier alpha value is -1.68. The summed E-state index contributed by atoms with van der Waals surface area (Å²) in [5, 5.41) is 3.55. The van der Waals surface area contributed by atoms with Crippen molar-refractivity contribution < 1.29 is 0 Å². The Morgan fingerprint density at radius 3 is 3.06 bits per heavy atom. The number of nitrogens with one attached hydrogen (secondary N) is 1. The van der Waals surface area contributed by atoms with Gasteiger partial charge >= 0.3 is 0 Å². The molecule has 1 saturated carbocycles. The van der Waals surface area contributed by atoms with E-state index in [1.54, 1.807) is 0 Å². The third kappa shape index (κ3) is 2.29. The molecule has 0 spiro atoms. The van der Waals surface area contributed by atoms with Crippen LogP contribution in [0.25, 0.3) is 5.69 Å². The number of hydrogen-bond donors (Lipinski definition) is 1. The van der Waals surface area contributed by atoms with E-state index < -0.39 is 0 Å². The van der Waals surface area contributed by atoms with Crippen LogP contribution in [0, 0.1) is 0 Å². The van der Waals surface area contributed by atoms with Gasteiger partial charge in [-0.05, 0) is 24.5 Å². The first-order chi connectivity index (χ1) is 8.88. The lowest BCUT2D eigenvalue weighted by atomic mass is 10.2. The molecular formula is C14H18N4. The van der Waals surface area contributed by atoms with Gasteiger partial charge in [-0.25, -0.2) is 4.98 Å². The summed E-state index contributed by atoms with van der Waals surface area (Å²) in [7, 11) is 0. The van der Waals surface area contributed by atoms with Gasteiger partial charge in [0, 0.05) is 37.6 Å². The van der Waals surface area contributed by atoms with Crippen LogP contribution in [0.2, 0.25) is 0 Å². The summed E-state index contributed by atoms with van der Waals surface area (Å²) >= 11 is 0. The first-order valence-corrected chi connectivity index (χ1v) is 6.57. The molecule has 0 atom stereocenters. The van der Waals surface area contributed by atoms with Gasteiger partial charge < -0.3 is 9.88 Å². The number of aryl methyl sites for hydroxylation is 1. The highest BCUT2D eigenvalue weighted by molar-refractivity contribution is 5.39. The van der Waals surface area contributed by atoms with Gasteiger partial charge in [-0.2, -0.15) is 0 Å². The summed E-state index contributed by atoms with van der Waals surface area (Å²) in [5.41, 5.74) is 2.42. The Kier molecular flexibility index (Phi) is 3.11. The van der Waals surface area contributed by atoms with Crippen molar-refractivity contribution in [3.63, 3.8) is 0 Å². The van der Waals surface area contributed by atoms with E-state index in [1.165, 1.54) is 18.4 Å². The molecule has 2 aromatic heterocycles. The fraction of sp³-hybridized carbons (Fsp3) is 0.429. The number of pyridine rings is 1. The van der Waals surface area contributed by atoms with E-state index in [4.69, 9.17) is 0 Å². The predicted molar refractivity (Wildman–Crippen MR) is 70.6 cm³/mol. The third-order valence-corrected chi connectivity index (χ3v) is 3.34. The van der Waals surface area contributed by atoms with E-state index in [0.29, 0.717) is 0 Å². The van der Waals surface area contributed by atoms with Crippen LogP contribution >= 0.6 is 0 Å². The summed E-state index contributed by atoms with van der Waals surface area (Å²) in [6.07, 6.45) is 11.2. The van der Waals surface area contributed by atoms with Crippen molar-refractivity contribution in [3.05, 3.63) is 42.2 Å². The largest absolute Gasteiger partial charge is 0.310 e. The molecule has 2 heterocycles. The van der Waals surface area contributed by atoms with Crippen LogP contribution in [0.5, 0.6) is 0 Å². The summed E-state index contributed by atoms with van der Waals surface area (Å²) in [4.78, 5) is 8.62. The lowest BCUT2D eigenvalue weighted by Crippen LogP contribution is -2.17. The highest BCUT2D eigenvalue weighted by Gasteiger charge is 2.20. The molecular weight excluding hydrogens is 224 g/mol. The first-order valence-electron chi connectivity index (χ1n) is 6.57. The molecule has 0 aromatic carbocycles. The SMILES string of the molecule is CCc1nccn1-c1cnccc1CNC1CC1. The second-order valence-corrected chi connectivity index (χ2v) is 4.73. The van der Waals surface area contributed by atoms with Gasteiger partial charge in [0.1, 0.15) is 5.82 Å². The molecule has 1 aliphatic rings. The second-order valence-electron chi connectivity index (χ2n) is 4.73.